The van der Waals surface area contributed by atoms with E-state index < -0.39 is 0 Å². The minimum Gasteiger partial charge on any atom is -0.454 e. The lowest BCUT2D eigenvalue weighted by Gasteiger charge is -2.35. The van der Waals surface area contributed by atoms with Crippen LogP contribution >= 0.6 is 0 Å². The van der Waals surface area contributed by atoms with E-state index in [4.69, 9.17) is 14.2 Å². The summed E-state index contributed by atoms with van der Waals surface area (Å²) in [5.41, 5.74) is 1.01. The summed E-state index contributed by atoms with van der Waals surface area (Å²) in [5.74, 6) is 1.49. The van der Waals surface area contributed by atoms with Gasteiger partial charge in [-0.3, -0.25) is 4.90 Å². The molecule has 2 heterocycles. The van der Waals surface area contributed by atoms with E-state index >= 15 is 0 Å². The van der Waals surface area contributed by atoms with Crippen molar-refractivity contribution in [1.82, 2.24) is 15.1 Å². The maximum atomic E-state index is 12.3. The van der Waals surface area contributed by atoms with Crippen LogP contribution in [0.2, 0.25) is 0 Å². The number of benzene rings is 1. The Morgan fingerprint density at radius 2 is 1.96 bits per heavy atom. The van der Waals surface area contributed by atoms with E-state index in [1.54, 1.807) is 11.9 Å². The van der Waals surface area contributed by atoms with Crippen molar-refractivity contribution in [2.24, 2.45) is 0 Å². The molecular formula is C18H27N3O4. The zero-order valence-electron chi connectivity index (χ0n) is 15.2. The SMILES string of the molecule is C[C@H]1CN(CCNC(=O)N(C)Cc2ccc3c(c2)OCO3)C[C@H](C)O1. The lowest BCUT2D eigenvalue weighted by molar-refractivity contribution is -0.0672. The fraction of sp³-hybridized carbons (Fsp3) is 0.611. The van der Waals surface area contributed by atoms with E-state index in [0.717, 1.165) is 36.7 Å². The van der Waals surface area contributed by atoms with E-state index in [9.17, 15) is 4.79 Å². The van der Waals surface area contributed by atoms with Gasteiger partial charge in [-0.15, -0.1) is 0 Å². The van der Waals surface area contributed by atoms with E-state index in [0.29, 0.717) is 13.1 Å². The Morgan fingerprint density at radius 1 is 1.24 bits per heavy atom. The number of carbonyl (C=O) groups is 1. The molecule has 25 heavy (non-hydrogen) atoms. The van der Waals surface area contributed by atoms with Crippen LogP contribution in [0.5, 0.6) is 11.5 Å². The van der Waals surface area contributed by atoms with Gasteiger partial charge in [0.05, 0.1) is 12.2 Å². The molecule has 0 unspecified atom stereocenters. The molecule has 1 saturated heterocycles. The van der Waals surface area contributed by atoms with Crippen LogP contribution in [-0.2, 0) is 11.3 Å². The number of carbonyl (C=O) groups excluding carboxylic acids is 1. The minimum absolute atomic E-state index is 0.0768. The van der Waals surface area contributed by atoms with Crippen LogP contribution in [0.3, 0.4) is 0 Å². The summed E-state index contributed by atoms with van der Waals surface area (Å²) in [7, 11) is 1.79. The fourth-order valence-corrected chi connectivity index (χ4v) is 3.31. The Bertz CT molecular complexity index is 600. The number of amides is 2. The van der Waals surface area contributed by atoms with Gasteiger partial charge in [0.25, 0.3) is 0 Å². The van der Waals surface area contributed by atoms with Crippen molar-refractivity contribution >= 4 is 6.03 Å². The first-order chi connectivity index (χ1) is 12.0. The van der Waals surface area contributed by atoms with Crippen molar-refractivity contribution < 1.29 is 19.0 Å². The third kappa shape index (κ3) is 4.76. The molecule has 7 heteroatoms. The lowest BCUT2D eigenvalue weighted by atomic mass is 10.2. The zero-order chi connectivity index (χ0) is 17.8. The first kappa shape index (κ1) is 17.8. The molecule has 3 rings (SSSR count). The standard InChI is InChI=1S/C18H27N3O4/c1-13-9-21(10-14(2)25-13)7-6-19-18(22)20(3)11-15-4-5-16-17(8-15)24-12-23-16/h4-5,8,13-14H,6-7,9-12H2,1-3H3,(H,19,22)/t13-,14-/m0/s1. The summed E-state index contributed by atoms with van der Waals surface area (Å²) in [6, 6.07) is 5.67. The highest BCUT2D eigenvalue weighted by Crippen LogP contribution is 2.32. The second-order valence-electron chi connectivity index (χ2n) is 6.79. The van der Waals surface area contributed by atoms with Crippen LogP contribution in [0.15, 0.2) is 18.2 Å². The molecule has 1 aromatic rings. The third-order valence-electron chi connectivity index (χ3n) is 4.40. The second kappa shape index (κ2) is 7.93. The molecular weight excluding hydrogens is 322 g/mol. The Hall–Kier alpha value is -1.99. The molecule has 1 N–H and O–H groups in total. The van der Waals surface area contributed by atoms with Crippen molar-refractivity contribution in [2.45, 2.75) is 32.6 Å². The third-order valence-corrected chi connectivity index (χ3v) is 4.40. The first-order valence-electron chi connectivity index (χ1n) is 8.76. The number of hydrogen-bond donors (Lipinski definition) is 1. The van der Waals surface area contributed by atoms with Crippen LogP contribution in [0.25, 0.3) is 0 Å². The number of nitrogens with zero attached hydrogens (tertiary/aromatic N) is 2. The summed E-state index contributed by atoms with van der Waals surface area (Å²) in [4.78, 5) is 16.3. The molecule has 0 saturated carbocycles. The highest BCUT2D eigenvalue weighted by atomic mass is 16.7. The summed E-state index contributed by atoms with van der Waals surface area (Å²) in [6.07, 6.45) is 0.487. The van der Waals surface area contributed by atoms with Gasteiger partial charge in [0.1, 0.15) is 0 Å². The topological polar surface area (TPSA) is 63.3 Å². The molecule has 0 aliphatic carbocycles. The average molecular weight is 349 g/mol. The molecule has 2 aliphatic rings. The van der Waals surface area contributed by atoms with Crippen LogP contribution in [0.4, 0.5) is 4.79 Å². The molecule has 2 aliphatic heterocycles. The van der Waals surface area contributed by atoms with Crippen molar-refractivity contribution in [2.75, 3.05) is 40.0 Å². The summed E-state index contributed by atoms with van der Waals surface area (Å²) in [5, 5.41) is 2.98. The molecule has 138 valence electrons. The van der Waals surface area contributed by atoms with Gasteiger partial charge in [0, 0.05) is 39.8 Å². The molecule has 2 amide bonds. The quantitative estimate of drug-likeness (QED) is 0.876. The van der Waals surface area contributed by atoms with Gasteiger partial charge in [-0.2, -0.15) is 0 Å². The van der Waals surface area contributed by atoms with Crippen LogP contribution in [-0.4, -0.2) is 68.1 Å². The van der Waals surface area contributed by atoms with Gasteiger partial charge >= 0.3 is 6.03 Å². The van der Waals surface area contributed by atoms with Crippen molar-refractivity contribution in [3.05, 3.63) is 23.8 Å². The molecule has 1 aromatic carbocycles. The Kier molecular flexibility index (Phi) is 5.65. The van der Waals surface area contributed by atoms with E-state index in [1.165, 1.54) is 0 Å². The summed E-state index contributed by atoms with van der Waals surface area (Å²) >= 11 is 0. The van der Waals surface area contributed by atoms with Gasteiger partial charge < -0.3 is 24.4 Å². The lowest BCUT2D eigenvalue weighted by Crippen LogP contribution is -2.48. The number of fused-ring (bicyclic) bond motifs is 1. The second-order valence-corrected chi connectivity index (χ2v) is 6.79. The average Bonchev–Trinajstić information content (AvgIpc) is 3.01. The molecule has 2 atom stereocenters. The van der Waals surface area contributed by atoms with E-state index in [2.05, 4.69) is 24.1 Å². The van der Waals surface area contributed by atoms with Crippen molar-refractivity contribution in [3.63, 3.8) is 0 Å². The van der Waals surface area contributed by atoms with Gasteiger partial charge in [-0.25, -0.2) is 4.79 Å². The Morgan fingerprint density at radius 3 is 2.72 bits per heavy atom. The number of nitrogens with one attached hydrogen (secondary N) is 1. The maximum Gasteiger partial charge on any atom is 0.317 e. The van der Waals surface area contributed by atoms with Crippen LogP contribution in [0, 0.1) is 0 Å². The number of morpholine rings is 1. The number of urea groups is 1. The smallest absolute Gasteiger partial charge is 0.317 e. The normalized spacial score (nSPS) is 22.7. The maximum absolute atomic E-state index is 12.3. The largest absolute Gasteiger partial charge is 0.454 e. The predicted molar refractivity (Wildman–Crippen MR) is 93.9 cm³/mol. The van der Waals surface area contributed by atoms with Crippen molar-refractivity contribution in [3.8, 4) is 11.5 Å². The zero-order valence-corrected chi connectivity index (χ0v) is 15.2. The van der Waals surface area contributed by atoms with Crippen molar-refractivity contribution in [1.29, 1.82) is 0 Å². The highest BCUT2D eigenvalue weighted by Gasteiger charge is 2.22. The molecule has 0 bridgehead atoms. The van der Waals surface area contributed by atoms with Crippen LogP contribution < -0.4 is 14.8 Å². The van der Waals surface area contributed by atoms with Gasteiger partial charge in [0.15, 0.2) is 11.5 Å². The fourth-order valence-electron chi connectivity index (χ4n) is 3.31. The molecule has 0 aromatic heterocycles. The van der Waals surface area contributed by atoms with E-state index in [1.807, 2.05) is 18.2 Å². The van der Waals surface area contributed by atoms with Gasteiger partial charge in [-0.1, -0.05) is 6.07 Å². The summed E-state index contributed by atoms with van der Waals surface area (Å²) < 4.78 is 16.4. The first-order valence-corrected chi connectivity index (χ1v) is 8.76. The van der Waals surface area contributed by atoms with Gasteiger partial charge in [0.2, 0.25) is 6.79 Å². The molecule has 1 fully saturated rings. The number of rotatable bonds is 5. The summed E-state index contributed by atoms with van der Waals surface area (Å²) in [6.45, 7) is 8.23. The predicted octanol–water partition coefficient (Wildman–Crippen LogP) is 1.67. The molecule has 7 nitrogen and oxygen atoms in total. The van der Waals surface area contributed by atoms with Crippen LogP contribution in [0.1, 0.15) is 19.4 Å². The number of ether oxygens (including phenoxy) is 3. The minimum atomic E-state index is -0.0768. The number of hydrogen-bond acceptors (Lipinski definition) is 5. The van der Waals surface area contributed by atoms with Gasteiger partial charge in [-0.05, 0) is 31.5 Å². The molecule has 0 spiro atoms. The molecule has 0 radical (unpaired) electrons. The highest BCUT2D eigenvalue weighted by molar-refractivity contribution is 5.73. The van der Waals surface area contributed by atoms with E-state index in [-0.39, 0.29) is 25.0 Å². The Labute approximate surface area is 148 Å². The monoisotopic (exact) mass is 349 g/mol. The Balaban J connectivity index is 1.42.